The van der Waals surface area contributed by atoms with Crippen LogP contribution in [0, 0.1) is 5.92 Å². The number of aliphatic hydroxyl groups is 1. The monoisotopic (exact) mass is 323 g/mol. The van der Waals surface area contributed by atoms with Gasteiger partial charge in [-0.15, -0.1) is 0 Å². The van der Waals surface area contributed by atoms with E-state index in [0.717, 1.165) is 17.5 Å². The topological polar surface area (TPSA) is 69.4 Å². The van der Waals surface area contributed by atoms with Gasteiger partial charge in [-0.2, -0.15) is 0 Å². The van der Waals surface area contributed by atoms with Crippen molar-refractivity contribution in [3.63, 3.8) is 0 Å². The fourth-order valence-corrected chi connectivity index (χ4v) is 3.91. The number of nitrogens with zero attached hydrogens (tertiary/aromatic N) is 3. The van der Waals surface area contributed by atoms with Crippen molar-refractivity contribution < 1.29 is 14.6 Å². The molecule has 4 rings (SSSR count). The van der Waals surface area contributed by atoms with Crippen LogP contribution in [0.4, 0.5) is 0 Å². The summed E-state index contributed by atoms with van der Waals surface area (Å²) < 4.78 is 14.1. The Morgan fingerprint density at radius 3 is 2.91 bits per heavy atom. The van der Waals surface area contributed by atoms with E-state index in [9.17, 15) is 5.11 Å². The Morgan fingerprint density at radius 1 is 1.36 bits per heavy atom. The highest BCUT2D eigenvalue weighted by atomic mass is 35.5. The van der Waals surface area contributed by atoms with E-state index in [0.29, 0.717) is 5.15 Å². The zero-order valence-electron chi connectivity index (χ0n) is 12.4. The maximum atomic E-state index is 9.66. The van der Waals surface area contributed by atoms with Crippen molar-refractivity contribution in [2.45, 2.75) is 44.3 Å². The molecule has 0 amide bonds. The number of aromatic nitrogens is 3. The average molecular weight is 324 g/mol. The molecule has 0 bridgehead atoms. The Bertz CT molecular complexity index is 717. The lowest BCUT2D eigenvalue weighted by Crippen LogP contribution is -2.27. The summed E-state index contributed by atoms with van der Waals surface area (Å²) in [5.74, 6) is -0.566. The van der Waals surface area contributed by atoms with Crippen molar-refractivity contribution in [1.29, 1.82) is 0 Å². The molecule has 1 unspecified atom stereocenters. The van der Waals surface area contributed by atoms with E-state index >= 15 is 0 Å². The summed E-state index contributed by atoms with van der Waals surface area (Å²) in [6.07, 6.45) is 4.01. The van der Waals surface area contributed by atoms with E-state index in [4.69, 9.17) is 21.1 Å². The van der Waals surface area contributed by atoms with Crippen LogP contribution in [0.5, 0.6) is 0 Å². The Kier molecular flexibility index (Phi) is 3.20. The van der Waals surface area contributed by atoms with Gasteiger partial charge >= 0.3 is 0 Å². The van der Waals surface area contributed by atoms with Crippen LogP contribution in [0.25, 0.3) is 11.0 Å². The Labute approximate surface area is 133 Å². The number of ether oxygens (including phenoxy) is 2. The molecule has 1 aliphatic carbocycles. The summed E-state index contributed by atoms with van der Waals surface area (Å²) in [4.78, 5) is 8.37. The van der Waals surface area contributed by atoms with Gasteiger partial charge in [-0.3, -0.25) is 0 Å². The summed E-state index contributed by atoms with van der Waals surface area (Å²) in [6, 6.07) is 1.98. The molecule has 1 aliphatic heterocycles. The van der Waals surface area contributed by atoms with Crippen LogP contribution in [0.15, 0.2) is 18.6 Å². The maximum absolute atomic E-state index is 9.66. The van der Waals surface area contributed by atoms with Gasteiger partial charge in [0.25, 0.3) is 0 Å². The van der Waals surface area contributed by atoms with Crippen molar-refractivity contribution in [3.8, 4) is 0 Å². The summed E-state index contributed by atoms with van der Waals surface area (Å²) in [5, 5.41) is 10.9. The van der Waals surface area contributed by atoms with Gasteiger partial charge in [-0.25, -0.2) is 9.97 Å². The van der Waals surface area contributed by atoms with Gasteiger partial charge in [0.1, 0.15) is 23.2 Å². The molecule has 2 fully saturated rings. The van der Waals surface area contributed by atoms with Crippen LogP contribution in [-0.4, -0.2) is 44.2 Å². The first-order chi connectivity index (χ1) is 10.5. The molecule has 1 saturated heterocycles. The molecule has 4 atom stereocenters. The lowest BCUT2D eigenvalue weighted by atomic mass is 10.1. The van der Waals surface area contributed by atoms with Crippen molar-refractivity contribution in [1.82, 2.24) is 14.5 Å². The first kappa shape index (κ1) is 14.4. The number of halogens is 1. The van der Waals surface area contributed by atoms with E-state index in [1.54, 1.807) is 0 Å². The number of hydrogen-bond donors (Lipinski definition) is 1. The highest BCUT2D eigenvalue weighted by Gasteiger charge is 2.54. The Balaban J connectivity index is 1.77. The molecule has 0 spiro atoms. The quantitative estimate of drug-likeness (QED) is 0.858. The molecule has 7 heteroatoms. The third-order valence-corrected chi connectivity index (χ3v) is 4.91. The summed E-state index contributed by atoms with van der Waals surface area (Å²) in [6.45, 7) is 3.90. The normalized spacial score (nSPS) is 33.5. The molecule has 1 N–H and O–H groups in total. The molecule has 0 radical (unpaired) electrons. The SMILES string of the molecule is CC1(C)OC2[C@H](n3ccc4c(Cl)ncnc43)C[C@H](CO)[C@H]2O1. The van der Waals surface area contributed by atoms with Crippen LogP contribution >= 0.6 is 11.6 Å². The van der Waals surface area contributed by atoms with E-state index in [2.05, 4.69) is 14.5 Å². The van der Waals surface area contributed by atoms with Gasteiger partial charge < -0.3 is 19.1 Å². The molecule has 2 aromatic rings. The summed E-state index contributed by atoms with van der Waals surface area (Å²) in [7, 11) is 0. The van der Waals surface area contributed by atoms with Crippen LogP contribution in [0.1, 0.15) is 26.3 Å². The van der Waals surface area contributed by atoms with Crippen molar-refractivity contribution >= 4 is 22.6 Å². The largest absolute Gasteiger partial charge is 0.396 e. The summed E-state index contributed by atoms with van der Waals surface area (Å²) in [5.41, 5.74) is 0.788. The smallest absolute Gasteiger partial charge is 0.163 e. The molecular formula is C15H18ClN3O3. The minimum Gasteiger partial charge on any atom is -0.396 e. The first-order valence-electron chi connectivity index (χ1n) is 7.44. The Morgan fingerprint density at radius 2 is 2.14 bits per heavy atom. The fraction of sp³-hybridized carbons (Fsp3) is 0.600. The van der Waals surface area contributed by atoms with Crippen LogP contribution in [0.3, 0.4) is 0 Å². The molecule has 2 aromatic heterocycles. The third kappa shape index (κ3) is 2.06. The lowest BCUT2D eigenvalue weighted by Gasteiger charge is -2.24. The molecule has 118 valence electrons. The second-order valence-electron chi connectivity index (χ2n) is 6.44. The molecule has 6 nitrogen and oxygen atoms in total. The highest BCUT2D eigenvalue weighted by molar-refractivity contribution is 6.33. The minimum atomic E-state index is -0.628. The highest BCUT2D eigenvalue weighted by Crippen LogP contribution is 2.47. The number of fused-ring (bicyclic) bond motifs is 2. The maximum Gasteiger partial charge on any atom is 0.163 e. The van der Waals surface area contributed by atoms with E-state index in [1.165, 1.54) is 6.33 Å². The molecular weight excluding hydrogens is 306 g/mol. The van der Waals surface area contributed by atoms with Crippen LogP contribution in [0.2, 0.25) is 5.15 Å². The second-order valence-corrected chi connectivity index (χ2v) is 6.79. The molecule has 0 aromatic carbocycles. The lowest BCUT2D eigenvalue weighted by molar-refractivity contribution is -0.161. The summed E-state index contributed by atoms with van der Waals surface area (Å²) >= 11 is 6.13. The third-order valence-electron chi connectivity index (χ3n) is 4.60. The van der Waals surface area contributed by atoms with Crippen LogP contribution < -0.4 is 0 Å². The van der Waals surface area contributed by atoms with Gasteiger partial charge in [0, 0.05) is 18.7 Å². The van der Waals surface area contributed by atoms with Crippen molar-refractivity contribution in [2.24, 2.45) is 5.92 Å². The van der Waals surface area contributed by atoms with Crippen molar-refractivity contribution in [3.05, 3.63) is 23.7 Å². The standard InChI is InChI=1S/C15H18ClN3O3/c1-15(2)21-11-8(6-20)5-10(12(11)22-15)19-4-3-9-13(16)17-7-18-14(9)19/h3-4,7-8,10-12,20H,5-6H2,1-2H3/t8-,10-,11-,12?/m1/s1. The molecule has 1 saturated carbocycles. The van der Waals surface area contributed by atoms with E-state index < -0.39 is 5.79 Å². The number of rotatable bonds is 2. The van der Waals surface area contributed by atoms with E-state index in [1.807, 2.05) is 26.1 Å². The zero-order valence-corrected chi connectivity index (χ0v) is 13.2. The van der Waals surface area contributed by atoms with Gasteiger partial charge in [0.15, 0.2) is 5.79 Å². The zero-order chi connectivity index (χ0) is 15.5. The molecule has 22 heavy (non-hydrogen) atoms. The number of hydrogen-bond acceptors (Lipinski definition) is 5. The van der Waals surface area contributed by atoms with Crippen molar-refractivity contribution in [2.75, 3.05) is 6.61 Å². The number of aliphatic hydroxyl groups excluding tert-OH is 1. The van der Waals surface area contributed by atoms with Gasteiger partial charge in [0.2, 0.25) is 0 Å². The predicted octanol–water partition coefficient (Wildman–Crippen LogP) is 2.16. The minimum absolute atomic E-state index is 0.0616. The fourth-order valence-electron chi connectivity index (χ4n) is 3.72. The van der Waals surface area contributed by atoms with Crippen LogP contribution in [-0.2, 0) is 9.47 Å². The van der Waals surface area contributed by atoms with E-state index in [-0.39, 0.29) is 30.8 Å². The van der Waals surface area contributed by atoms with Gasteiger partial charge in [-0.1, -0.05) is 11.6 Å². The van der Waals surface area contributed by atoms with Gasteiger partial charge in [0.05, 0.1) is 17.5 Å². The average Bonchev–Trinajstić information content (AvgIpc) is 3.10. The first-order valence-corrected chi connectivity index (χ1v) is 7.81. The molecule has 2 aliphatic rings. The predicted molar refractivity (Wildman–Crippen MR) is 80.6 cm³/mol. The van der Waals surface area contributed by atoms with Gasteiger partial charge in [-0.05, 0) is 26.3 Å². The second kappa shape index (κ2) is 4.89. The Hall–Kier alpha value is -1.21. The molecule has 3 heterocycles.